The molecule has 2 N–H and O–H groups in total. The van der Waals surface area contributed by atoms with E-state index in [1.54, 1.807) is 11.8 Å². The topological polar surface area (TPSA) is 105 Å². The van der Waals surface area contributed by atoms with Gasteiger partial charge in [-0.15, -0.1) is 0 Å². The molecule has 1 aliphatic heterocycles. The van der Waals surface area contributed by atoms with Gasteiger partial charge in [0.1, 0.15) is 18.0 Å². The summed E-state index contributed by atoms with van der Waals surface area (Å²) in [5, 5.41) is 10.1. The van der Waals surface area contributed by atoms with Crippen molar-refractivity contribution in [3.63, 3.8) is 0 Å². The first-order valence-corrected chi connectivity index (χ1v) is 9.24. The maximum absolute atomic E-state index is 15.0. The van der Waals surface area contributed by atoms with Gasteiger partial charge in [-0.3, -0.25) is 4.79 Å². The van der Waals surface area contributed by atoms with Gasteiger partial charge in [0.25, 0.3) is 5.91 Å². The second kappa shape index (κ2) is 6.77. The number of benzene rings is 1. The summed E-state index contributed by atoms with van der Waals surface area (Å²) in [5.74, 6) is -2.12. The van der Waals surface area contributed by atoms with E-state index < -0.39 is 39.9 Å². The minimum absolute atomic E-state index is 0.218. The summed E-state index contributed by atoms with van der Waals surface area (Å²) < 4.78 is 51.8. The molecule has 0 spiro atoms. The summed E-state index contributed by atoms with van der Waals surface area (Å²) in [6.45, 7) is 0.230. The van der Waals surface area contributed by atoms with Crippen LogP contribution in [0.4, 0.5) is 10.1 Å². The van der Waals surface area contributed by atoms with Gasteiger partial charge in [0.2, 0.25) is 0 Å². The van der Waals surface area contributed by atoms with E-state index in [0.717, 1.165) is 0 Å². The van der Waals surface area contributed by atoms with E-state index >= 15 is 4.39 Å². The molecule has 10 heteroatoms. The highest BCUT2D eigenvalue weighted by molar-refractivity contribution is 7.92. The number of ether oxygens (including phenoxy) is 2. The zero-order valence-corrected chi connectivity index (χ0v) is 14.4. The monoisotopic (exact) mass is 374 g/mol. The standard InChI is InChI=1S/C15H19FN2O6S/c1-23-4-5-24-10-3-2-9-6-12(19)15(14(16)11(9)7-10)18-8-13(20)17-25(18,21)22/h6,10,19H,2-5,7-8H2,1H3,(H,17,20). The van der Waals surface area contributed by atoms with E-state index in [1.165, 1.54) is 6.07 Å². The van der Waals surface area contributed by atoms with E-state index in [2.05, 4.69) is 0 Å². The van der Waals surface area contributed by atoms with Crippen LogP contribution in [0.1, 0.15) is 17.5 Å². The molecule has 138 valence electrons. The number of methoxy groups -OCH3 is 1. The van der Waals surface area contributed by atoms with E-state index in [9.17, 15) is 18.3 Å². The zero-order valence-electron chi connectivity index (χ0n) is 13.6. The van der Waals surface area contributed by atoms with Crippen molar-refractivity contribution in [2.75, 3.05) is 31.2 Å². The van der Waals surface area contributed by atoms with Crippen LogP contribution >= 0.6 is 0 Å². The van der Waals surface area contributed by atoms with Gasteiger partial charge in [0.15, 0.2) is 5.82 Å². The molecular formula is C15H19FN2O6S. The minimum Gasteiger partial charge on any atom is -0.506 e. The Morgan fingerprint density at radius 1 is 1.44 bits per heavy atom. The molecule has 25 heavy (non-hydrogen) atoms. The molecule has 0 aromatic heterocycles. The van der Waals surface area contributed by atoms with Gasteiger partial charge in [0.05, 0.1) is 19.3 Å². The molecule has 1 atom stereocenters. The molecule has 2 aliphatic rings. The largest absolute Gasteiger partial charge is 0.506 e. The number of rotatable bonds is 5. The van der Waals surface area contributed by atoms with Gasteiger partial charge in [-0.1, -0.05) is 0 Å². The maximum atomic E-state index is 15.0. The summed E-state index contributed by atoms with van der Waals surface area (Å²) in [4.78, 5) is 11.4. The van der Waals surface area contributed by atoms with E-state index in [1.807, 2.05) is 0 Å². The lowest BCUT2D eigenvalue weighted by molar-refractivity contribution is -0.117. The maximum Gasteiger partial charge on any atom is 0.326 e. The number of halogens is 1. The average Bonchev–Trinajstić information content (AvgIpc) is 2.81. The van der Waals surface area contributed by atoms with Crippen LogP contribution < -0.4 is 9.03 Å². The fraction of sp³-hybridized carbons (Fsp3) is 0.533. The highest BCUT2D eigenvalue weighted by Gasteiger charge is 2.39. The Hall–Kier alpha value is -1.91. The molecule has 1 heterocycles. The molecule has 1 unspecified atom stereocenters. The number of fused-ring (bicyclic) bond motifs is 1. The van der Waals surface area contributed by atoms with Crippen LogP contribution in [0.3, 0.4) is 0 Å². The molecule has 3 rings (SSSR count). The highest BCUT2D eigenvalue weighted by Crippen LogP contribution is 2.39. The number of amides is 1. The third kappa shape index (κ3) is 3.42. The molecule has 8 nitrogen and oxygen atoms in total. The molecule has 0 saturated carbocycles. The summed E-state index contributed by atoms with van der Waals surface area (Å²) in [6, 6.07) is 1.36. The smallest absolute Gasteiger partial charge is 0.326 e. The fourth-order valence-electron chi connectivity index (χ4n) is 3.13. The SMILES string of the molecule is COCCOC1CCc2cc(O)c(N3CC(=O)NS3(=O)=O)c(F)c2C1. The first-order chi connectivity index (χ1) is 11.8. The molecular weight excluding hydrogens is 355 g/mol. The second-order valence-electron chi connectivity index (χ2n) is 5.96. The fourth-order valence-corrected chi connectivity index (χ4v) is 4.29. The molecule has 0 radical (unpaired) electrons. The number of nitrogens with zero attached hydrogens (tertiary/aromatic N) is 1. The van der Waals surface area contributed by atoms with Gasteiger partial charge in [-0.25, -0.2) is 13.4 Å². The van der Waals surface area contributed by atoms with Crippen molar-refractivity contribution in [1.29, 1.82) is 0 Å². The van der Waals surface area contributed by atoms with Crippen molar-refractivity contribution < 1.29 is 32.2 Å². The van der Waals surface area contributed by atoms with E-state index in [0.29, 0.717) is 41.5 Å². The Labute approximate surface area is 144 Å². The third-order valence-corrected chi connectivity index (χ3v) is 5.67. The quantitative estimate of drug-likeness (QED) is 0.715. The van der Waals surface area contributed by atoms with E-state index in [4.69, 9.17) is 9.47 Å². The Balaban J connectivity index is 1.93. The normalized spacial score (nSPS) is 21.9. The van der Waals surface area contributed by atoms with Crippen LogP contribution in [0.5, 0.6) is 5.75 Å². The number of aromatic hydroxyl groups is 1. The third-order valence-electron chi connectivity index (χ3n) is 4.29. The molecule has 1 saturated heterocycles. The van der Waals surface area contributed by atoms with Crippen LogP contribution in [0.25, 0.3) is 0 Å². The van der Waals surface area contributed by atoms with E-state index in [-0.39, 0.29) is 12.5 Å². The van der Waals surface area contributed by atoms with Crippen molar-refractivity contribution in [1.82, 2.24) is 4.72 Å². The van der Waals surface area contributed by atoms with Crippen molar-refractivity contribution in [2.24, 2.45) is 0 Å². The average molecular weight is 374 g/mol. The van der Waals surface area contributed by atoms with Gasteiger partial charge in [0, 0.05) is 13.5 Å². The Morgan fingerprint density at radius 3 is 2.84 bits per heavy atom. The summed E-state index contributed by atoms with van der Waals surface area (Å²) in [7, 11) is -2.65. The molecule has 1 amide bonds. The lowest BCUT2D eigenvalue weighted by Crippen LogP contribution is -2.31. The molecule has 0 bridgehead atoms. The predicted molar refractivity (Wildman–Crippen MR) is 86.1 cm³/mol. The second-order valence-corrected chi connectivity index (χ2v) is 7.56. The van der Waals surface area contributed by atoms with Crippen LogP contribution in [0.2, 0.25) is 0 Å². The van der Waals surface area contributed by atoms with Crippen molar-refractivity contribution in [3.05, 3.63) is 23.0 Å². The number of phenols is 1. The minimum atomic E-state index is -4.21. The van der Waals surface area contributed by atoms with Crippen molar-refractivity contribution in [3.8, 4) is 5.75 Å². The Bertz CT molecular complexity index is 798. The predicted octanol–water partition coefficient (Wildman–Crippen LogP) is 0.233. The number of hydrogen-bond acceptors (Lipinski definition) is 6. The number of nitrogens with one attached hydrogen (secondary N) is 1. The first kappa shape index (κ1) is 17.9. The van der Waals surface area contributed by atoms with Crippen LogP contribution in [0.15, 0.2) is 6.07 Å². The van der Waals surface area contributed by atoms with Crippen LogP contribution in [-0.4, -0.2) is 52.4 Å². The number of phenolic OH excluding ortho intramolecular Hbond substituents is 1. The Morgan fingerprint density at radius 2 is 2.20 bits per heavy atom. The van der Waals surface area contributed by atoms with Gasteiger partial charge >= 0.3 is 10.2 Å². The molecule has 1 aromatic carbocycles. The van der Waals surface area contributed by atoms with Gasteiger partial charge in [-0.2, -0.15) is 8.42 Å². The first-order valence-electron chi connectivity index (χ1n) is 7.80. The van der Waals surface area contributed by atoms with Gasteiger partial charge in [-0.05, 0) is 30.0 Å². The summed E-state index contributed by atoms with van der Waals surface area (Å²) >= 11 is 0. The van der Waals surface area contributed by atoms with Crippen LogP contribution in [0, 0.1) is 5.82 Å². The number of anilines is 1. The lowest BCUT2D eigenvalue weighted by Gasteiger charge is -2.27. The number of hydrogen-bond donors (Lipinski definition) is 2. The summed E-state index contributed by atoms with van der Waals surface area (Å²) in [6.07, 6.45) is 1.20. The number of aryl methyl sites for hydroxylation is 1. The number of carbonyl (C=O) groups is 1. The molecule has 1 aromatic rings. The number of carbonyl (C=O) groups excluding carboxylic acids is 1. The Kier molecular flexibility index (Phi) is 4.85. The molecule has 1 aliphatic carbocycles. The zero-order chi connectivity index (χ0) is 18.2. The van der Waals surface area contributed by atoms with Crippen LogP contribution in [-0.2, 0) is 37.3 Å². The summed E-state index contributed by atoms with van der Waals surface area (Å²) in [5.41, 5.74) is 0.409. The lowest BCUT2D eigenvalue weighted by atomic mass is 9.88. The van der Waals surface area contributed by atoms with Gasteiger partial charge < -0.3 is 14.6 Å². The van der Waals surface area contributed by atoms with Crippen molar-refractivity contribution >= 4 is 21.8 Å². The molecule has 1 fully saturated rings. The highest BCUT2D eigenvalue weighted by atomic mass is 32.2. The van der Waals surface area contributed by atoms with Crippen molar-refractivity contribution in [2.45, 2.75) is 25.4 Å².